The average molecular weight is 261 g/mol. The molecule has 0 bridgehead atoms. The summed E-state index contributed by atoms with van der Waals surface area (Å²) in [6, 6.07) is 14.7. The minimum absolute atomic E-state index is 0.212. The molecule has 18 heavy (non-hydrogen) atoms. The van der Waals surface area contributed by atoms with Crippen molar-refractivity contribution in [2.24, 2.45) is 10.7 Å². The zero-order valence-electron chi connectivity index (χ0n) is 9.68. The zero-order valence-corrected chi connectivity index (χ0v) is 10.4. The lowest BCUT2D eigenvalue weighted by atomic mass is 10.1. The Morgan fingerprint density at radius 2 is 1.83 bits per heavy atom. The number of hydrogen-bond donors (Lipinski definition) is 2. The Morgan fingerprint density at radius 3 is 2.50 bits per heavy atom. The maximum Gasteiger partial charge on any atom is 0.115 e. The average Bonchev–Trinajstić information content (AvgIpc) is 2.40. The van der Waals surface area contributed by atoms with Gasteiger partial charge in [0.15, 0.2) is 0 Å². The van der Waals surface area contributed by atoms with Gasteiger partial charge in [0, 0.05) is 0 Å². The number of halogens is 1. The number of aromatic hydroxyl groups is 1. The first-order valence-electron chi connectivity index (χ1n) is 5.47. The number of amidine groups is 1. The molecule has 0 atom stereocenters. The largest absolute Gasteiger partial charge is 0.508 e. The first-order chi connectivity index (χ1) is 8.69. The number of nitrogens with zero attached hydrogens (tertiary/aromatic N) is 1. The molecule has 2 rings (SSSR count). The molecule has 3 N–H and O–H groups in total. The number of nitrogens with two attached hydrogens (primary N) is 1. The normalized spacial score (nSPS) is 11.5. The molecular formula is C14H13ClN2O. The molecule has 0 aliphatic heterocycles. The van der Waals surface area contributed by atoms with E-state index in [0.717, 1.165) is 16.8 Å². The summed E-state index contributed by atoms with van der Waals surface area (Å²) in [6.07, 6.45) is 0. The molecule has 0 aliphatic carbocycles. The third-order valence-electron chi connectivity index (χ3n) is 2.46. The molecule has 0 aromatic heterocycles. The fourth-order valence-corrected chi connectivity index (χ4v) is 1.66. The van der Waals surface area contributed by atoms with Gasteiger partial charge in [-0.1, -0.05) is 24.3 Å². The standard InChI is InChI=1S/C14H13ClN2O/c15-9-14(16)17-12-3-1-2-11(8-12)10-4-6-13(18)7-5-10/h1-8,18H,9H2,(H2,16,17). The van der Waals surface area contributed by atoms with Crippen molar-refractivity contribution in [2.45, 2.75) is 0 Å². The van der Waals surface area contributed by atoms with Gasteiger partial charge in [-0.25, -0.2) is 4.99 Å². The molecule has 0 aliphatic rings. The quantitative estimate of drug-likeness (QED) is 0.505. The number of benzene rings is 2. The third kappa shape index (κ3) is 3.02. The summed E-state index contributed by atoms with van der Waals surface area (Å²) < 4.78 is 0. The van der Waals surface area contributed by atoms with Crippen LogP contribution in [0.15, 0.2) is 53.5 Å². The molecule has 0 heterocycles. The summed E-state index contributed by atoms with van der Waals surface area (Å²) in [5.74, 6) is 0.850. The van der Waals surface area contributed by atoms with Crippen molar-refractivity contribution in [1.29, 1.82) is 0 Å². The van der Waals surface area contributed by atoms with Crippen LogP contribution in [0.5, 0.6) is 5.75 Å². The minimum atomic E-state index is 0.212. The van der Waals surface area contributed by atoms with E-state index in [0.29, 0.717) is 5.84 Å². The molecule has 0 radical (unpaired) electrons. The molecule has 0 fully saturated rings. The van der Waals surface area contributed by atoms with E-state index >= 15 is 0 Å². The van der Waals surface area contributed by atoms with Crippen LogP contribution in [0.1, 0.15) is 0 Å². The van der Waals surface area contributed by atoms with Crippen molar-refractivity contribution in [3.05, 3.63) is 48.5 Å². The predicted octanol–water partition coefficient (Wildman–Crippen LogP) is 3.29. The van der Waals surface area contributed by atoms with Crippen LogP contribution in [0.4, 0.5) is 5.69 Å². The predicted molar refractivity (Wildman–Crippen MR) is 75.5 cm³/mol. The van der Waals surface area contributed by atoms with Crippen LogP contribution in [0, 0.1) is 0 Å². The monoisotopic (exact) mass is 260 g/mol. The van der Waals surface area contributed by atoms with Gasteiger partial charge in [-0.05, 0) is 35.4 Å². The summed E-state index contributed by atoms with van der Waals surface area (Å²) in [6.45, 7) is 0. The van der Waals surface area contributed by atoms with E-state index in [1.807, 2.05) is 36.4 Å². The lowest BCUT2D eigenvalue weighted by molar-refractivity contribution is 0.475. The maximum absolute atomic E-state index is 9.26. The van der Waals surface area contributed by atoms with E-state index in [4.69, 9.17) is 17.3 Å². The second kappa shape index (κ2) is 5.56. The molecule has 3 nitrogen and oxygen atoms in total. The topological polar surface area (TPSA) is 58.6 Å². The van der Waals surface area contributed by atoms with Crippen molar-refractivity contribution >= 4 is 23.1 Å². The molecule has 0 amide bonds. The van der Waals surface area contributed by atoms with E-state index < -0.39 is 0 Å². The Balaban J connectivity index is 2.35. The Hall–Kier alpha value is -2.00. The fraction of sp³-hybridized carbons (Fsp3) is 0.0714. The van der Waals surface area contributed by atoms with E-state index in [2.05, 4.69) is 4.99 Å². The van der Waals surface area contributed by atoms with E-state index in [9.17, 15) is 5.11 Å². The first kappa shape index (κ1) is 12.5. The summed E-state index contributed by atoms with van der Waals surface area (Å²) in [7, 11) is 0. The Morgan fingerprint density at radius 1 is 1.11 bits per heavy atom. The number of aliphatic imine (C=N–C) groups is 1. The van der Waals surface area contributed by atoms with Gasteiger partial charge >= 0.3 is 0 Å². The Kier molecular flexibility index (Phi) is 3.85. The highest BCUT2D eigenvalue weighted by Gasteiger charge is 1.99. The first-order valence-corrected chi connectivity index (χ1v) is 6.01. The van der Waals surface area contributed by atoms with Gasteiger partial charge in [0.25, 0.3) is 0 Å². The van der Waals surface area contributed by atoms with Crippen LogP contribution in [0.2, 0.25) is 0 Å². The van der Waals surface area contributed by atoms with Gasteiger partial charge in [0.1, 0.15) is 11.6 Å². The van der Waals surface area contributed by atoms with Crippen LogP contribution < -0.4 is 5.73 Å². The summed E-state index contributed by atoms with van der Waals surface area (Å²) in [5.41, 5.74) is 8.38. The summed E-state index contributed by atoms with van der Waals surface area (Å²) >= 11 is 5.59. The molecule has 0 spiro atoms. The van der Waals surface area contributed by atoms with E-state index in [-0.39, 0.29) is 11.6 Å². The van der Waals surface area contributed by atoms with Crippen LogP contribution in [0.3, 0.4) is 0 Å². The van der Waals surface area contributed by atoms with Gasteiger partial charge in [-0.15, -0.1) is 11.6 Å². The van der Waals surface area contributed by atoms with E-state index in [1.54, 1.807) is 12.1 Å². The van der Waals surface area contributed by atoms with Crippen LogP contribution in [-0.4, -0.2) is 16.8 Å². The second-order valence-corrected chi connectivity index (χ2v) is 4.10. The molecule has 2 aromatic carbocycles. The number of phenols is 1. The van der Waals surface area contributed by atoms with Gasteiger partial charge in [-0.2, -0.15) is 0 Å². The Bertz CT molecular complexity index is 564. The van der Waals surface area contributed by atoms with Crippen LogP contribution >= 0.6 is 11.6 Å². The van der Waals surface area contributed by atoms with Crippen LogP contribution in [0.25, 0.3) is 11.1 Å². The molecular weight excluding hydrogens is 248 g/mol. The molecule has 92 valence electrons. The van der Waals surface area contributed by atoms with Gasteiger partial charge in [0.05, 0.1) is 11.6 Å². The molecule has 4 heteroatoms. The molecule has 0 unspecified atom stereocenters. The maximum atomic E-state index is 9.26. The lowest BCUT2D eigenvalue weighted by Crippen LogP contribution is -2.12. The fourth-order valence-electron chi connectivity index (χ4n) is 1.60. The SMILES string of the molecule is NC(CCl)=Nc1cccc(-c2ccc(O)cc2)c1. The minimum Gasteiger partial charge on any atom is -0.508 e. The molecule has 2 aromatic rings. The number of phenolic OH excluding ortho intramolecular Hbond substituents is 1. The highest BCUT2D eigenvalue weighted by atomic mass is 35.5. The van der Waals surface area contributed by atoms with Crippen molar-refractivity contribution in [3.8, 4) is 16.9 Å². The summed E-state index contributed by atoms with van der Waals surface area (Å²) in [4.78, 5) is 4.19. The van der Waals surface area contributed by atoms with Crippen molar-refractivity contribution in [2.75, 3.05) is 5.88 Å². The van der Waals surface area contributed by atoms with Crippen molar-refractivity contribution < 1.29 is 5.11 Å². The lowest BCUT2D eigenvalue weighted by Gasteiger charge is -2.03. The van der Waals surface area contributed by atoms with Gasteiger partial charge < -0.3 is 10.8 Å². The molecule has 0 saturated heterocycles. The third-order valence-corrected chi connectivity index (χ3v) is 2.73. The number of hydrogen-bond acceptors (Lipinski definition) is 2. The molecule has 0 saturated carbocycles. The van der Waals surface area contributed by atoms with Crippen molar-refractivity contribution in [3.63, 3.8) is 0 Å². The highest BCUT2D eigenvalue weighted by Crippen LogP contribution is 2.25. The van der Waals surface area contributed by atoms with Crippen molar-refractivity contribution in [1.82, 2.24) is 0 Å². The van der Waals surface area contributed by atoms with E-state index in [1.165, 1.54) is 0 Å². The zero-order chi connectivity index (χ0) is 13.0. The Labute approximate surface area is 111 Å². The van der Waals surface area contributed by atoms with Crippen LogP contribution in [-0.2, 0) is 0 Å². The number of rotatable bonds is 3. The smallest absolute Gasteiger partial charge is 0.115 e. The second-order valence-electron chi connectivity index (χ2n) is 3.83. The van der Waals surface area contributed by atoms with Gasteiger partial charge in [0.2, 0.25) is 0 Å². The summed E-state index contributed by atoms with van der Waals surface area (Å²) in [5, 5.41) is 9.26. The van der Waals surface area contributed by atoms with Gasteiger partial charge in [-0.3, -0.25) is 0 Å². The highest BCUT2D eigenvalue weighted by molar-refractivity contribution is 6.28. The number of alkyl halides is 1.